The van der Waals surface area contributed by atoms with Gasteiger partial charge in [0, 0.05) is 43.6 Å². The van der Waals surface area contributed by atoms with Crippen molar-refractivity contribution in [1.82, 2.24) is 14.8 Å². The predicted molar refractivity (Wildman–Crippen MR) is 118 cm³/mol. The minimum absolute atomic E-state index is 0.0391. The van der Waals surface area contributed by atoms with Crippen molar-refractivity contribution < 1.29 is 14.7 Å². The number of aliphatic carboxylic acids is 1. The number of aryl methyl sites for hydroxylation is 2. The molecule has 0 saturated heterocycles. The van der Waals surface area contributed by atoms with Gasteiger partial charge in [0.15, 0.2) is 5.65 Å². The standard InChI is InChI=1S/C23H28N6O3/c1-3-29-21-19(13(2)27-29)20(26-16-6-4-15(5-7-16)22(30)31)17(12-25-21)18-10-23(32-28-18)8-14(9-23)11-24/h12,14-16H,3-10H2,1-2H3,(H,25,26)(H,30,31). The highest BCUT2D eigenvalue weighted by molar-refractivity contribution is 6.11. The first-order valence-corrected chi connectivity index (χ1v) is 11.4. The first-order valence-electron chi connectivity index (χ1n) is 11.4. The molecule has 9 heteroatoms. The number of rotatable bonds is 5. The zero-order valence-corrected chi connectivity index (χ0v) is 18.5. The molecular weight excluding hydrogens is 408 g/mol. The fraction of sp³-hybridized carbons (Fsp3) is 0.609. The number of hydrogen-bond acceptors (Lipinski definition) is 7. The molecule has 0 radical (unpaired) electrons. The number of aromatic nitrogens is 3. The summed E-state index contributed by atoms with van der Waals surface area (Å²) in [7, 11) is 0. The summed E-state index contributed by atoms with van der Waals surface area (Å²) >= 11 is 0. The molecule has 5 rings (SSSR count). The second kappa shape index (κ2) is 7.76. The maximum Gasteiger partial charge on any atom is 0.306 e. The van der Waals surface area contributed by atoms with Gasteiger partial charge in [-0.3, -0.25) is 4.79 Å². The molecule has 9 nitrogen and oxygen atoms in total. The zero-order valence-electron chi connectivity index (χ0n) is 18.5. The summed E-state index contributed by atoms with van der Waals surface area (Å²) in [5, 5.41) is 32.3. The smallest absolute Gasteiger partial charge is 0.306 e. The Bertz CT molecular complexity index is 1130. The van der Waals surface area contributed by atoms with Crippen molar-refractivity contribution in [2.24, 2.45) is 17.0 Å². The molecule has 1 spiro atoms. The summed E-state index contributed by atoms with van der Waals surface area (Å²) < 4.78 is 1.90. The number of carbonyl (C=O) groups is 1. The van der Waals surface area contributed by atoms with Crippen LogP contribution in [-0.2, 0) is 16.2 Å². The second-order valence-corrected chi connectivity index (χ2v) is 9.40. The van der Waals surface area contributed by atoms with Gasteiger partial charge in [-0.05, 0) is 39.5 Å². The lowest BCUT2D eigenvalue weighted by molar-refractivity contribution is -0.142. The van der Waals surface area contributed by atoms with E-state index in [0.717, 1.165) is 53.1 Å². The third kappa shape index (κ3) is 3.38. The van der Waals surface area contributed by atoms with E-state index < -0.39 is 5.97 Å². The molecule has 1 aliphatic heterocycles. The number of nitriles is 1. The van der Waals surface area contributed by atoms with E-state index in [1.165, 1.54) is 0 Å². The van der Waals surface area contributed by atoms with E-state index >= 15 is 0 Å². The monoisotopic (exact) mass is 436 g/mol. The van der Waals surface area contributed by atoms with Crippen molar-refractivity contribution in [1.29, 1.82) is 5.26 Å². The number of nitrogens with one attached hydrogen (secondary N) is 1. The lowest BCUT2D eigenvalue weighted by Crippen LogP contribution is -2.43. The normalized spacial score (nSPS) is 29.3. The quantitative estimate of drug-likeness (QED) is 0.733. The molecule has 0 unspecified atom stereocenters. The molecule has 32 heavy (non-hydrogen) atoms. The second-order valence-electron chi connectivity index (χ2n) is 9.40. The highest BCUT2D eigenvalue weighted by atomic mass is 16.7. The molecule has 2 saturated carbocycles. The molecular formula is C23H28N6O3. The maximum atomic E-state index is 11.4. The molecule has 2 fully saturated rings. The molecule has 3 aliphatic rings. The fourth-order valence-corrected chi connectivity index (χ4v) is 5.41. The van der Waals surface area contributed by atoms with Crippen LogP contribution in [-0.4, -0.2) is 43.2 Å². The third-order valence-corrected chi connectivity index (χ3v) is 7.23. The van der Waals surface area contributed by atoms with Gasteiger partial charge < -0.3 is 15.3 Å². The summed E-state index contributed by atoms with van der Waals surface area (Å²) in [4.78, 5) is 21.9. The van der Waals surface area contributed by atoms with Crippen molar-refractivity contribution in [3.8, 4) is 6.07 Å². The Hall–Kier alpha value is -3.15. The summed E-state index contributed by atoms with van der Waals surface area (Å²) in [6.45, 7) is 4.76. The van der Waals surface area contributed by atoms with Crippen LogP contribution in [0.5, 0.6) is 0 Å². The molecule has 0 bridgehead atoms. The molecule has 2 aromatic rings. The van der Waals surface area contributed by atoms with Crippen LogP contribution in [0.15, 0.2) is 11.4 Å². The molecule has 0 amide bonds. The number of fused-ring (bicyclic) bond motifs is 1. The number of oxime groups is 1. The van der Waals surface area contributed by atoms with E-state index in [0.29, 0.717) is 32.1 Å². The minimum atomic E-state index is -0.700. The Labute approximate surface area is 186 Å². The van der Waals surface area contributed by atoms with Gasteiger partial charge in [-0.2, -0.15) is 10.4 Å². The highest BCUT2D eigenvalue weighted by Gasteiger charge is 2.51. The number of hydrogen-bond donors (Lipinski definition) is 2. The minimum Gasteiger partial charge on any atom is -0.481 e. The first-order chi connectivity index (χ1) is 15.4. The fourth-order valence-electron chi connectivity index (χ4n) is 5.41. The Balaban J connectivity index is 1.48. The highest BCUT2D eigenvalue weighted by Crippen LogP contribution is 2.47. The molecule has 2 aromatic heterocycles. The van der Waals surface area contributed by atoms with Crippen LogP contribution in [0, 0.1) is 30.1 Å². The van der Waals surface area contributed by atoms with Crippen molar-refractivity contribution >= 4 is 28.4 Å². The summed E-state index contributed by atoms with van der Waals surface area (Å²) in [6.07, 6.45) is 6.89. The summed E-state index contributed by atoms with van der Waals surface area (Å²) in [5.41, 5.74) is 4.10. The number of carboxylic acid groups (broad SMARTS) is 1. The van der Waals surface area contributed by atoms with Gasteiger partial charge in [-0.1, -0.05) is 5.16 Å². The van der Waals surface area contributed by atoms with Crippen LogP contribution >= 0.6 is 0 Å². The summed E-state index contributed by atoms with van der Waals surface area (Å²) in [6, 6.07) is 2.50. The number of carboxylic acids is 1. The Morgan fingerprint density at radius 2 is 2.12 bits per heavy atom. The van der Waals surface area contributed by atoms with Crippen LogP contribution in [0.25, 0.3) is 11.0 Å². The van der Waals surface area contributed by atoms with Crippen LogP contribution in [0.3, 0.4) is 0 Å². The van der Waals surface area contributed by atoms with Crippen molar-refractivity contribution in [2.45, 2.75) is 77.0 Å². The summed E-state index contributed by atoms with van der Waals surface area (Å²) in [5.74, 6) is -0.916. The molecule has 168 valence electrons. The third-order valence-electron chi connectivity index (χ3n) is 7.23. The largest absolute Gasteiger partial charge is 0.481 e. The van der Waals surface area contributed by atoms with Gasteiger partial charge in [-0.25, -0.2) is 9.67 Å². The molecule has 0 atom stereocenters. The van der Waals surface area contributed by atoms with Gasteiger partial charge in [0.05, 0.1) is 40.4 Å². The molecule has 3 heterocycles. The zero-order chi connectivity index (χ0) is 22.5. The molecule has 2 aliphatic carbocycles. The average molecular weight is 437 g/mol. The van der Waals surface area contributed by atoms with Crippen LogP contribution in [0.4, 0.5) is 5.69 Å². The number of anilines is 1. The van der Waals surface area contributed by atoms with E-state index in [2.05, 4.69) is 21.6 Å². The maximum absolute atomic E-state index is 11.4. The Kier molecular flexibility index (Phi) is 5.03. The topological polar surface area (TPSA) is 125 Å². The van der Waals surface area contributed by atoms with E-state index in [1.807, 2.05) is 24.7 Å². The van der Waals surface area contributed by atoms with Crippen LogP contribution in [0.2, 0.25) is 0 Å². The molecule has 2 N–H and O–H groups in total. The predicted octanol–water partition coefficient (Wildman–Crippen LogP) is 3.61. The number of pyridine rings is 1. The lowest BCUT2D eigenvalue weighted by atomic mass is 9.69. The van der Waals surface area contributed by atoms with Crippen LogP contribution < -0.4 is 5.32 Å². The van der Waals surface area contributed by atoms with Crippen molar-refractivity contribution in [3.63, 3.8) is 0 Å². The van der Waals surface area contributed by atoms with Gasteiger partial charge in [0.25, 0.3) is 0 Å². The van der Waals surface area contributed by atoms with Gasteiger partial charge in [0.2, 0.25) is 0 Å². The Morgan fingerprint density at radius 3 is 2.78 bits per heavy atom. The van der Waals surface area contributed by atoms with Gasteiger partial charge in [-0.15, -0.1) is 0 Å². The van der Waals surface area contributed by atoms with Crippen molar-refractivity contribution in [3.05, 3.63) is 17.5 Å². The average Bonchev–Trinajstić information content (AvgIpc) is 3.35. The number of nitrogens with zero attached hydrogens (tertiary/aromatic N) is 5. The van der Waals surface area contributed by atoms with Crippen LogP contribution in [0.1, 0.15) is 63.1 Å². The SMILES string of the molecule is CCn1nc(C)c2c(NC3CCC(C(=O)O)CC3)c(C3=NOC4(C3)CC(C#N)C4)cnc21. The first kappa shape index (κ1) is 20.7. The van der Waals surface area contributed by atoms with E-state index in [1.54, 1.807) is 0 Å². The van der Waals surface area contributed by atoms with Gasteiger partial charge in [0.1, 0.15) is 5.60 Å². The van der Waals surface area contributed by atoms with Gasteiger partial charge >= 0.3 is 5.97 Å². The van der Waals surface area contributed by atoms with E-state index in [4.69, 9.17) is 15.1 Å². The molecule has 0 aromatic carbocycles. The van der Waals surface area contributed by atoms with Crippen molar-refractivity contribution in [2.75, 3.05) is 5.32 Å². The lowest BCUT2D eigenvalue weighted by Gasteiger charge is -2.38. The Morgan fingerprint density at radius 1 is 1.38 bits per heavy atom. The van der Waals surface area contributed by atoms with E-state index in [9.17, 15) is 9.90 Å². The van der Waals surface area contributed by atoms with E-state index in [-0.39, 0.29) is 23.5 Å².